The number of anilines is 2. The molecule has 0 saturated carbocycles. The number of esters is 1. The molecule has 2 N–H and O–H groups in total. The molecule has 0 bridgehead atoms. The van der Waals surface area contributed by atoms with Crippen LogP contribution in [0.3, 0.4) is 0 Å². The number of benzene rings is 1. The normalized spacial score (nSPS) is 14.3. The highest BCUT2D eigenvalue weighted by atomic mass is 32.2. The van der Waals surface area contributed by atoms with Gasteiger partial charge >= 0.3 is 17.6 Å². The number of thioether (sulfide) groups is 1. The first-order valence-electron chi connectivity index (χ1n) is 11.0. The number of nitro groups is 1. The first-order valence-corrected chi connectivity index (χ1v) is 12.2. The van der Waals surface area contributed by atoms with Gasteiger partial charge in [-0.1, -0.05) is 30.0 Å². The third kappa shape index (κ3) is 7.02. The number of hydrogen-bond donors (Lipinski definition) is 1. The molecule has 1 saturated heterocycles. The van der Waals surface area contributed by atoms with E-state index in [2.05, 4.69) is 9.97 Å². The Balaban J connectivity index is 1.65. The van der Waals surface area contributed by atoms with E-state index in [-0.39, 0.29) is 29.3 Å². The van der Waals surface area contributed by atoms with Crippen molar-refractivity contribution in [3.63, 3.8) is 0 Å². The number of nitrogens with zero attached hydrogens (tertiary/aromatic N) is 5. The van der Waals surface area contributed by atoms with Crippen LogP contribution < -0.4 is 10.6 Å². The Labute approximate surface area is 206 Å². The zero-order chi connectivity index (χ0) is 25.4. The number of rotatable bonds is 10. The summed E-state index contributed by atoms with van der Waals surface area (Å²) in [4.78, 5) is 50.6. The van der Waals surface area contributed by atoms with Gasteiger partial charge in [0.2, 0.25) is 11.6 Å². The molecule has 2 heterocycles. The maximum Gasteiger partial charge on any atom is 0.357 e. The Hall–Kier alpha value is -3.45. The number of aromatic nitrogens is 2. The van der Waals surface area contributed by atoms with Gasteiger partial charge < -0.3 is 20.2 Å². The van der Waals surface area contributed by atoms with Gasteiger partial charge in [-0.25, -0.2) is 4.79 Å². The van der Waals surface area contributed by atoms with Crippen LogP contribution in [0.5, 0.6) is 0 Å². The monoisotopic (exact) mass is 504 g/mol. The van der Waals surface area contributed by atoms with E-state index in [0.717, 1.165) is 12.8 Å². The number of carbonyl (C=O) groups is 2. The SMILES string of the molecule is COC(=O)CN(CCC1CCN(OC(=O)c2ccccc2)CC1)c1nc(SC)nc(N)c1[N+](=O)[O-]. The van der Waals surface area contributed by atoms with Gasteiger partial charge in [-0.05, 0) is 43.6 Å². The molecule has 1 aliphatic rings. The Kier molecular flexibility index (Phi) is 9.20. The van der Waals surface area contributed by atoms with Gasteiger partial charge in [0, 0.05) is 19.6 Å². The molecule has 0 aliphatic carbocycles. The molecule has 13 heteroatoms. The molecule has 0 amide bonds. The average Bonchev–Trinajstić information content (AvgIpc) is 2.86. The van der Waals surface area contributed by atoms with Gasteiger partial charge in [-0.3, -0.25) is 14.9 Å². The fraction of sp³-hybridized carbons (Fsp3) is 0.455. The lowest BCUT2D eigenvalue weighted by Gasteiger charge is -2.32. The lowest BCUT2D eigenvalue weighted by Crippen LogP contribution is -2.38. The maximum atomic E-state index is 12.3. The zero-order valence-corrected chi connectivity index (χ0v) is 20.4. The minimum absolute atomic E-state index is 0.00789. The van der Waals surface area contributed by atoms with Gasteiger partial charge in [-0.15, -0.1) is 5.06 Å². The van der Waals surface area contributed by atoms with Crippen LogP contribution in [0, 0.1) is 16.0 Å². The summed E-state index contributed by atoms with van der Waals surface area (Å²) in [5.41, 5.74) is 5.89. The molecule has 1 aromatic carbocycles. The van der Waals surface area contributed by atoms with Crippen LogP contribution >= 0.6 is 11.8 Å². The van der Waals surface area contributed by atoms with Crippen LogP contribution in [0.4, 0.5) is 17.3 Å². The summed E-state index contributed by atoms with van der Waals surface area (Å²) < 4.78 is 4.78. The Bertz CT molecular complexity index is 1050. The van der Waals surface area contributed by atoms with Crippen LogP contribution in [-0.4, -0.2) is 71.4 Å². The summed E-state index contributed by atoms with van der Waals surface area (Å²) in [6.45, 7) is 1.25. The van der Waals surface area contributed by atoms with E-state index in [0.29, 0.717) is 31.6 Å². The predicted molar refractivity (Wildman–Crippen MR) is 130 cm³/mol. The van der Waals surface area contributed by atoms with Crippen molar-refractivity contribution in [1.29, 1.82) is 0 Å². The Morgan fingerprint density at radius 1 is 1.26 bits per heavy atom. The minimum atomic E-state index is -0.640. The first-order chi connectivity index (χ1) is 16.8. The molecule has 3 rings (SSSR count). The van der Waals surface area contributed by atoms with E-state index in [1.807, 2.05) is 6.07 Å². The highest BCUT2D eigenvalue weighted by Gasteiger charge is 2.30. The third-order valence-corrected chi connectivity index (χ3v) is 6.23. The molecule has 1 aliphatic heterocycles. The predicted octanol–water partition coefficient (Wildman–Crippen LogP) is 2.54. The molecule has 12 nitrogen and oxygen atoms in total. The van der Waals surface area contributed by atoms with Crippen LogP contribution in [-0.2, 0) is 14.4 Å². The molecule has 1 aromatic heterocycles. The summed E-state index contributed by atoms with van der Waals surface area (Å²) in [5.74, 6) is -0.948. The zero-order valence-electron chi connectivity index (χ0n) is 19.6. The molecule has 188 valence electrons. The van der Waals surface area contributed by atoms with Crippen LogP contribution in [0.25, 0.3) is 0 Å². The number of piperidine rings is 1. The molecule has 0 unspecified atom stereocenters. The standard InChI is InChI=1S/C22H28N6O6S/c1-33-17(29)14-26(20-18(28(31)32)19(23)24-22(25-20)35-2)11-8-15-9-12-27(13-10-15)34-21(30)16-6-4-3-5-7-16/h3-7,15H,8-14H2,1-2H3,(H2,23,24,25). The van der Waals surface area contributed by atoms with Crippen molar-refractivity contribution >= 4 is 41.0 Å². The number of nitrogen functional groups attached to an aromatic ring is 1. The van der Waals surface area contributed by atoms with Crippen molar-refractivity contribution in [2.24, 2.45) is 5.92 Å². The van der Waals surface area contributed by atoms with E-state index in [1.165, 1.54) is 23.8 Å². The molecule has 1 fully saturated rings. The number of carbonyl (C=O) groups excluding carboxylic acids is 2. The Morgan fingerprint density at radius 2 is 1.94 bits per heavy atom. The van der Waals surface area contributed by atoms with Gasteiger partial charge in [0.1, 0.15) is 6.54 Å². The van der Waals surface area contributed by atoms with Crippen molar-refractivity contribution in [3.8, 4) is 0 Å². The van der Waals surface area contributed by atoms with Crippen molar-refractivity contribution in [3.05, 3.63) is 46.0 Å². The fourth-order valence-corrected chi connectivity index (χ4v) is 4.15. The van der Waals surface area contributed by atoms with Crippen molar-refractivity contribution in [2.75, 3.05) is 50.2 Å². The van der Waals surface area contributed by atoms with E-state index in [9.17, 15) is 19.7 Å². The topological polar surface area (TPSA) is 154 Å². The number of hydroxylamine groups is 2. The van der Waals surface area contributed by atoms with Gasteiger partial charge in [0.15, 0.2) is 5.16 Å². The average molecular weight is 505 g/mol. The molecule has 2 aromatic rings. The van der Waals surface area contributed by atoms with E-state index in [1.54, 1.807) is 35.6 Å². The lowest BCUT2D eigenvalue weighted by molar-refractivity contribution is -0.383. The second-order valence-corrected chi connectivity index (χ2v) is 8.70. The minimum Gasteiger partial charge on any atom is -0.468 e. The van der Waals surface area contributed by atoms with E-state index >= 15 is 0 Å². The molecule has 0 radical (unpaired) electrons. The highest BCUT2D eigenvalue weighted by molar-refractivity contribution is 7.98. The van der Waals surface area contributed by atoms with Crippen LogP contribution in [0.15, 0.2) is 35.5 Å². The van der Waals surface area contributed by atoms with Gasteiger partial charge in [0.25, 0.3) is 0 Å². The van der Waals surface area contributed by atoms with Crippen LogP contribution in [0.2, 0.25) is 0 Å². The second-order valence-electron chi connectivity index (χ2n) is 7.93. The number of methoxy groups -OCH3 is 1. The van der Waals surface area contributed by atoms with Crippen molar-refractivity contribution < 1.29 is 24.1 Å². The number of ether oxygens (including phenoxy) is 1. The van der Waals surface area contributed by atoms with Gasteiger partial charge in [-0.2, -0.15) is 9.97 Å². The molecular formula is C22H28N6O6S. The molecule has 0 spiro atoms. The van der Waals surface area contributed by atoms with Crippen molar-refractivity contribution in [1.82, 2.24) is 15.0 Å². The van der Waals surface area contributed by atoms with E-state index in [4.69, 9.17) is 15.3 Å². The quantitative estimate of drug-likeness (QED) is 0.166. The summed E-state index contributed by atoms with van der Waals surface area (Å²) in [6, 6.07) is 8.79. The van der Waals surface area contributed by atoms with Gasteiger partial charge in [0.05, 0.1) is 17.6 Å². The van der Waals surface area contributed by atoms with Crippen LogP contribution in [0.1, 0.15) is 29.6 Å². The van der Waals surface area contributed by atoms with E-state index < -0.39 is 22.5 Å². The lowest BCUT2D eigenvalue weighted by atomic mass is 9.94. The summed E-state index contributed by atoms with van der Waals surface area (Å²) in [6.07, 6.45) is 3.90. The highest BCUT2D eigenvalue weighted by Crippen LogP contribution is 2.33. The molecule has 0 atom stereocenters. The Morgan fingerprint density at radius 3 is 2.54 bits per heavy atom. The summed E-state index contributed by atoms with van der Waals surface area (Å²) >= 11 is 1.19. The largest absolute Gasteiger partial charge is 0.468 e. The second kappa shape index (κ2) is 12.3. The summed E-state index contributed by atoms with van der Waals surface area (Å²) in [5, 5.41) is 13.6. The maximum absolute atomic E-state index is 12.3. The first kappa shape index (κ1) is 26.2. The third-order valence-electron chi connectivity index (χ3n) is 5.69. The fourth-order valence-electron chi connectivity index (χ4n) is 3.78. The smallest absolute Gasteiger partial charge is 0.357 e. The summed E-state index contributed by atoms with van der Waals surface area (Å²) in [7, 11) is 1.25. The number of nitrogens with two attached hydrogens (primary N) is 1. The van der Waals surface area contributed by atoms with Crippen molar-refractivity contribution in [2.45, 2.75) is 24.4 Å². The molecular weight excluding hydrogens is 476 g/mol. The number of hydrogen-bond acceptors (Lipinski definition) is 12. The molecule has 35 heavy (non-hydrogen) atoms.